The largest absolute Gasteiger partial charge is 0.294 e. The molecule has 110 valence electrons. The van der Waals surface area contributed by atoms with E-state index in [-0.39, 0.29) is 24.5 Å². The number of nitrogens with one attached hydrogen (secondary N) is 1. The van der Waals surface area contributed by atoms with Crippen LogP contribution in [0.2, 0.25) is 0 Å². The van der Waals surface area contributed by atoms with Crippen molar-refractivity contribution in [1.82, 2.24) is 5.48 Å². The number of rotatable bonds is 8. The molecule has 4 heteroatoms. The smallest absolute Gasteiger partial charge is 0.243 e. The normalized spacial score (nSPS) is 10.6. The minimum atomic E-state index is -0.267. The van der Waals surface area contributed by atoms with Gasteiger partial charge in [0.05, 0.1) is 6.61 Å². The first-order chi connectivity index (χ1) is 9.52. The van der Waals surface area contributed by atoms with Gasteiger partial charge in [-0.2, -0.15) is 0 Å². The van der Waals surface area contributed by atoms with E-state index in [1.165, 1.54) is 5.56 Å². The number of carbonyl (C=O) groups excluding carboxylic acids is 2. The lowest BCUT2D eigenvalue weighted by Gasteiger charge is -2.06. The zero-order chi connectivity index (χ0) is 15.0. The third-order valence-corrected chi connectivity index (χ3v) is 2.83. The predicted octanol–water partition coefficient (Wildman–Crippen LogP) is 2.92. The summed E-state index contributed by atoms with van der Waals surface area (Å²) in [6.45, 7) is 6.52. The van der Waals surface area contributed by atoms with Crippen LogP contribution in [0.3, 0.4) is 0 Å². The van der Waals surface area contributed by atoms with Crippen molar-refractivity contribution in [2.24, 2.45) is 5.92 Å². The maximum absolute atomic E-state index is 11.9. The van der Waals surface area contributed by atoms with Crippen molar-refractivity contribution in [2.75, 3.05) is 6.61 Å². The lowest BCUT2D eigenvalue weighted by Crippen LogP contribution is -2.23. The maximum atomic E-state index is 11.9. The molecule has 1 aromatic carbocycles. The van der Waals surface area contributed by atoms with E-state index >= 15 is 0 Å². The molecule has 0 saturated heterocycles. The molecule has 1 aromatic rings. The Morgan fingerprint density at radius 1 is 1.15 bits per heavy atom. The summed E-state index contributed by atoms with van der Waals surface area (Å²) in [6.07, 6.45) is 1.35. The predicted molar refractivity (Wildman–Crippen MR) is 78.3 cm³/mol. The number of amides is 1. The average Bonchev–Trinajstić information content (AvgIpc) is 2.42. The van der Waals surface area contributed by atoms with Crippen LogP contribution >= 0.6 is 0 Å². The molecule has 1 N–H and O–H groups in total. The van der Waals surface area contributed by atoms with Gasteiger partial charge in [-0.25, -0.2) is 5.48 Å². The van der Waals surface area contributed by atoms with E-state index in [1.807, 2.05) is 24.3 Å². The molecule has 0 saturated carbocycles. The van der Waals surface area contributed by atoms with Gasteiger partial charge in [0.2, 0.25) is 5.91 Å². The monoisotopic (exact) mass is 277 g/mol. The summed E-state index contributed by atoms with van der Waals surface area (Å²) in [7, 11) is 0. The van der Waals surface area contributed by atoms with Crippen LogP contribution in [0.5, 0.6) is 0 Å². The van der Waals surface area contributed by atoms with Gasteiger partial charge in [0.1, 0.15) is 0 Å². The molecule has 0 spiro atoms. The Labute approximate surface area is 120 Å². The zero-order valence-electron chi connectivity index (χ0n) is 12.4. The molecule has 0 aliphatic carbocycles. The van der Waals surface area contributed by atoms with Crippen molar-refractivity contribution in [1.29, 1.82) is 0 Å². The van der Waals surface area contributed by atoms with Gasteiger partial charge in [-0.1, -0.05) is 38.1 Å². The molecule has 0 aliphatic rings. The highest BCUT2D eigenvalue weighted by Gasteiger charge is 2.09. The van der Waals surface area contributed by atoms with Crippen molar-refractivity contribution < 1.29 is 14.4 Å². The Hall–Kier alpha value is -1.68. The summed E-state index contributed by atoms with van der Waals surface area (Å²) in [5.41, 5.74) is 4.16. The molecule has 0 heterocycles. The van der Waals surface area contributed by atoms with Crippen molar-refractivity contribution in [2.45, 2.75) is 40.0 Å². The number of benzene rings is 1. The maximum Gasteiger partial charge on any atom is 0.243 e. The van der Waals surface area contributed by atoms with Crippen LogP contribution in [-0.4, -0.2) is 18.3 Å². The van der Waals surface area contributed by atoms with E-state index in [0.29, 0.717) is 18.1 Å². The fourth-order valence-electron chi connectivity index (χ4n) is 1.87. The van der Waals surface area contributed by atoms with Crippen molar-refractivity contribution in [3.63, 3.8) is 0 Å². The lowest BCUT2D eigenvalue weighted by molar-refractivity contribution is -0.133. The number of ketones is 1. The Balaban J connectivity index is 2.45. The van der Waals surface area contributed by atoms with Gasteiger partial charge in [-0.15, -0.1) is 0 Å². The van der Waals surface area contributed by atoms with Gasteiger partial charge in [0, 0.05) is 18.4 Å². The van der Waals surface area contributed by atoms with Gasteiger partial charge in [0.15, 0.2) is 5.78 Å². The summed E-state index contributed by atoms with van der Waals surface area (Å²) in [6, 6.07) is 7.63. The van der Waals surface area contributed by atoms with Crippen LogP contribution in [0, 0.1) is 5.92 Å². The molecule has 1 rings (SSSR count). The standard InChI is InChI=1S/C16H23NO3/c1-4-20-17-16(19)10-9-15(18)14-7-5-13(6-8-14)11-12(2)3/h5-8,12H,4,9-11H2,1-3H3,(H,17,19). The second-order valence-corrected chi connectivity index (χ2v) is 5.18. The molecule has 0 bridgehead atoms. The van der Waals surface area contributed by atoms with Crippen LogP contribution < -0.4 is 5.48 Å². The highest BCUT2D eigenvalue weighted by Crippen LogP contribution is 2.11. The highest BCUT2D eigenvalue weighted by molar-refractivity contribution is 5.97. The minimum absolute atomic E-state index is 0.0206. The fourth-order valence-corrected chi connectivity index (χ4v) is 1.87. The summed E-state index contributed by atoms with van der Waals surface area (Å²) >= 11 is 0. The van der Waals surface area contributed by atoms with E-state index < -0.39 is 0 Å². The van der Waals surface area contributed by atoms with Crippen LogP contribution in [0.4, 0.5) is 0 Å². The fraction of sp³-hybridized carbons (Fsp3) is 0.500. The van der Waals surface area contributed by atoms with Crippen molar-refractivity contribution in [3.8, 4) is 0 Å². The first-order valence-electron chi connectivity index (χ1n) is 7.05. The molecule has 0 unspecified atom stereocenters. The molecule has 20 heavy (non-hydrogen) atoms. The minimum Gasteiger partial charge on any atom is -0.294 e. The number of hydroxylamine groups is 1. The molecule has 0 aromatic heterocycles. The van der Waals surface area contributed by atoms with Gasteiger partial charge in [-0.3, -0.25) is 14.4 Å². The van der Waals surface area contributed by atoms with Gasteiger partial charge < -0.3 is 0 Å². The second-order valence-electron chi connectivity index (χ2n) is 5.18. The zero-order valence-corrected chi connectivity index (χ0v) is 12.4. The number of carbonyl (C=O) groups is 2. The molecular formula is C16H23NO3. The molecule has 0 aliphatic heterocycles. The van der Waals surface area contributed by atoms with Crippen molar-refractivity contribution >= 4 is 11.7 Å². The molecule has 0 fully saturated rings. The number of Topliss-reactive ketones (excluding diaryl/α,β-unsaturated/α-hetero) is 1. The molecule has 1 amide bonds. The summed E-state index contributed by atoms with van der Waals surface area (Å²) in [5.74, 6) is 0.309. The third kappa shape index (κ3) is 5.97. The average molecular weight is 277 g/mol. The lowest BCUT2D eigenvalue weighted by atomic mass is 9.99. The van der Waals surface area contributed by atoms with Crippen LogP contribution in [0.1, 0.15) is 49.5 Å². The Bertz CT molecular complexity index is 438. The van der Waals surface area contributed by atoms with Crippen molar-refractivity contribution in [3.05, 3.63) is 35.4 Å². The molecule has 0 atom stereocenters. The molecule has 4 nitrogen and oxygen atoms in total. The summed E-state index contributed by atoms with van der Waals surface area (Å²) in [4.78, 5) is 28.0. The Morgan fingerprint density at radius 2 is 1.80 bits per heavy atom. The number of hydrogen-bond acceptors (Lipinski definition) is 3. The van der Waals surface area contributed by atoms with Gasteiger partial charge >= 0.3 is 0 Å². The Morgan fingerprint density at radius 3 is 2.35 bits per heavy atom. The highest BCUT2D eigenvalue weighted by atomic mass is 16.6. The van der Waals surface area contributed by atoms with E-state index in [4.69, 9.17) is 4.84 Å². The van der Waals surface area contributed by atoms with Crippen LogP contribution in [0.25, 0.3) is 0 Å². The summed E-state index contributed by atoms with van der Waals surface area (Å²) < 4.78 is 0. The molecular weight excluding hydrogens is 254 g/mol. The Kier molecular flexibility index (Phi) is 6.94. The SMILES string of the molecule is CCONC(=O)CCC(=O)c1ccc(CC(C)C)cc1. The van der Waals surface area contributed by atoms with Crippen LogP contribution in [-0.2, 0) is 16.1 Å². The molecule has 0 radical (unpaired) electrons. The first kappa shape index (κ1) is 16.4. The quantitative estimate of drug-likeness (QED) is 0.587. The van der Waals surface area contributed by atoms with Gasteiger partial charge in [-0.05, 0) is 24.8 Å². The van der Waals surface area contributed by atoms with E-state index in [1.54, 1.807) is 6.92 Å². The topological polar surface area (TPSA) is 55.4 Å². The van der Waals surface area contributed by atoms with Gasteiger partial charge in [0.25, 0.3) is 0 Å². The van der Waals surface area contributed by atoms with E-state index in [9.17, 15) is 9.59 Å². The number of hydrogen-bond donors (Lipinski definition) is 1. The summed E-state index contributed by atoms with van der Waals surface area (Å²) in [5, 5.41) is 0. The van der Waals surface area contributed by atoms with E-state index in [0.717, 1.165) is 6.42 Å². The second kappa shape index (κ2) is 8.48. The van der Waals surface area contributed by atoms with E-state index in [2.05, 4.69) is 19.3 Å². The van der Waals surface area contributed by atoms with Crippen LogP contribution in [0.15, 0.2) is 24.3 Å². The third-order valence-electron chi connectivity index (χ3n) is 2.83. The first-order valence-corrected chi connectivity index (χ1v) is 7.05.